The SMILES string of the molecule is CCOC(=O)N1CCc2c(cncc2C(=O)NCc2ccc(S(C)(=O)=O)cc2)C1. The largest absolute Gasteiger partial charge is 0.450 e. The molecule has 0 atom stereocenters. The molecule has 2 aromatic rings. The van der Waals surface area contributed by atoms with Crippen LogP contribution in [0.25, 0.3) is 0 Å². The third-order valence-electron chi connectivity index (χ3n) is 4.71. The molecule has 3 rings (SSSR count). The lowest BCUT2D eigenvalue weighted by molar-refractivity contribution is 0.0947. The molecule has 0 fully saturated rings. The highest BCUT2D eigenvalue weighted by atomic mass is 32.2. The Balaban J connectivity index is 1.68. The highest BCUT2D eigenvalue weighted by molar-refractivity contribution is 7.90. The summed E-state index contributed by atoms with van der Waals surface area (Å²) in [7, 11) is -3.25. The maximum atomic E-state index is 12.7. The number of hydrogen-bond donors (Lipinski definition) is 1. The van der Waals surface area contributed by atoms with Gasteiger partial charge in [0.1, 0.15) is 0 Å². The second-order valence-corrected chi connectivity index (χ2v) is 8.81. The molecule has 0 saturated heterocycles. The zero-order valence-electron chi connectivity index (χ0n) is 16.3. The number of aromatic nitrogens is 1. The Morgan fingerprint density at radius 2 is 1.93 bits per heavy atom. The van der Waals surface area contributed by atoms with E-state index in [0.717, 1.165) is 22.9 Å². The molecule has 0 unspecified atom stereocenters. The van der Waals surface area contributed by atoms with E-state index in [4.69, 9.17) is 4.74 Å². The molecule has 154 valence electrons. The minimum Gasteiger partial charge on any atom is -0.450 e. The maximum absolute atomic E-state index is 12.7. The van der Waals surface area contributed by atoms with Crippen molar-refractivity contribution in [2.24, 2.45) is 0 Å². The van der Waals surface area contributed by atoms with E-state index < -0.39 is 9.84 Å². The number of carbonyl (C=O) groups excluding carboxylic acids is 2. The van der Waals surface area contributed by atoms with E-state index in [9.17, 15) is 18.0 Å². The van der Waals surface area contributed by atoms with Gasteiger partial charge in [0.15, 0.2) is 9.84 Å². The van der Waals surface area contributed by atoms with E-state index in [1.54, 1.807) is 30.2 Å². The van der Waals surface area contributed by atoms with Gasteiger partial charge in [0.2, 0.25) is 0 Å². The van der Waals surface area contributed by atoms with E-state index in [2.05, 4.69) is 10.3 Å². The molecule has 1 aliphatic rings. The first-order valence-electron chi connectivity index (χ1n) is 9.24. The van der Waals surface area contributed by atoms with Crippen LogP contribution in [0.5, 0.6) is 0 Å². The Labute approximate surface area is 169 Å². The van der Waals surface area contributed by atoms with Crippen LogP contribution in [0.2, 0.25) is 0 Å². The van der Waals surface area contributed by atoms with Crippen molar-refractivity contribution >= 4 is 21.8 Å². The van der Waals surface area contributed by atoms with Crippen molar-refractivity contribution in [3.63, 3.8) is 0 Å². The Hall–Kier alpha value is -2.94. The standard InChI is InChI=1S/C20H23N3O5S/c1-3-28-20(25)23-9-8-17-15(13-23)11-21-12-18(17)19(24)22-10-14-4-6-16(7-5-14)29(2,26)27/h4-7,11-12H,3,8-10,13H2,1-2H3,(H,22,24). The normalized spacial score (nSPS) is 13.5. The molecule has 1 aliphatic heterocycles. The fraction of sp³-hybridized carbons (Fsp3) is 0.350. The van der Waals surface area contributed by atoms with Gasteiger partial charge in [-0.15, -0.1) is 0 Å². The molecular formula is C20H23N3O5S. The summed E-state index contributed by atoms with van der Waals surface area (Å²) in [6, 6.07) is 6.39. The number of carbonyl (C=O) groups is 2. The molecule has 1 aromatic heterocycles. The second-order valence-electron chi connectivity index (χ2n) is 6.79. The molecule has 0 radical (unpaired) electrons. The van der Waals surface area contributed by atoms with Gasteiger partial charge in [-0.3, -0.25) is 9.78 Å². The number of benzene rings is 1. The van der Waals surface area contributed by atoms with E-state index in [1.165, 1.54) is 18.3 Å². The zero-order chi connectivity index (χ0) is 21.0. The lowest BCUT2D eigenvalue weighted by Gasteiger charge is -2.28. The number of nitrogens with one attached hydrogen (secondary N) is 1. The summed E-state index contributed by atoms with van der Waals surface area (Å²) in [4.78, 5) is 30.6. The quantitative estimate of drug-likeness (QED) is 0.797. The summed E-state index contributed by atoms with van der Waals surface area (Å²) in [6.07, 6.45) is 4.52. The van der Waals surface area contributed by atoms with E-state index >= 15 is 0 Å². The average molecular weight is 417 g/mol. The summed E-state index contributed by atoms with van der Waals surface area (Å²) in [6.45, 7) is 3.17. The van der Waals surface area contributed by atoms with Crippen LogP contribution >= 0.6 is 0 Å². The predicted molar refractivity (Wildman–Crippen MR) is 106 cm³/mol. The van der Waals surface area contributed by atoms with Gasteiger partial charge in [-0.25, -0.2) is 13.2 Å². The molecular weight excluding hydrogens is 394 g/mol. The third-order valence-corrected chi connectivity index (χ3v) is 5.84. The molecule has 2 heterocycles. The first kappa shape index (κ1) is 20.8. The minimum atomic E-state index is -3.25. The van der Waals surface area contributed by atoms with Gasteiger partial charge in [0, 0.05) is 31.7 Å². The van der Waals surface area contributed by atoms with Gasteiger partial charge in [0.05, 0.1) is 23.6 Å². The van der Waals surface area contributed by atoms with Crippen molar-refractivity contribution in [2.45, 2.75) is 31.3 Å². The highest BCUT2D eigenvalue weighted by Crippen LogP contribution is 2.22. The molecule has 8 nitrogen and oxygen atoms in total. The van der Waals surface area contributed by atoms with Crippen LogP contribution in [0, 0.1) is 0 Å². The van der Waals surface area contributed by atoms with E-state index in [1.807, 2.05) is 0 Å². The van der Waals surface area contributed by atoms with Crippen LogP contribution in [0.4, 0.5) is 4.79 Å². The fourth-order valence-electron chi connectivity index (χ4n) is 3.19. The molecule has 1 N–H and O–H groups in total. The number of ether oxygens (including phenoxy) is 1. The van der Waals surface area contributed by atoms with Gasteiger partial charge in [-0.05, 0) is 42.2 Å². The Morgan fingerprint density at radius 1 is 1.21 bits per heavy atom. The molecule has 0 spiro atoms. The van der Waals surface area contributed by atoms with Crippen molar-refractivity contribution in [3.8, 4) is 0 Å². The highest BCUT2D eigenvalue weighted by Gasteiger charge is 2.25. The summed E-state index contributed by atoms with van der Waals surface area (Å²) in [5, 5.41) is 2.84. The fourth-order valence-corrected chi connectivity index (χ4v) is 3.82. The van der Waals surface area contributed by atoms with Crippen LogP contribution in [-0.4, -0.2) is 49.7 Å². The number of rotatable bonds is 5. The predicted octanol–water partition coefficient (Wildman–Crippen LogP) is 1.93. The summed E-state index contributed by atoms with van der Waals surface area (Å²) in [5.41, 5.74) is 2.98. The Bertz CT molecular complexity index is 1020. The third kappa shape index (κ3) is 4.92. The van der Waals surface area contributed by atoms with Crippen LogP contribution in [0.1, 0.15) is 34.0 Å². The summed E-state index contributed by atoms with van der Waals surface area (Å²) >= 11 is 0. The molecule has 0 aliphatic carbocycles. The maximum Gasteiger partial charge on any atom is 0.410 e. The van der Waals surface area contributed by atoms with Crippen molar-refractivity contribution < 1.29 is 22.7 Å². The first-order valence-corrected chi connectivity index (χ1v) is 11.1. The van der Waals surface area contributed by atoms with Crippen molar-refractivity contribution in [2.75, 3.05) is 19.4 Å². The number of sulfone groups is 1. The van der Waals surface area contributed by atoms with E-state index in [0.29, 0.717) is 31.7 Å². The van der Waals surface area contributed by atoms with Gasteiger partial charge >= 0.3 is 6.09 Å². The number of fused-ring (bicyclic) bond motifs is 1. The number of pyridine rings is 1. The molecule has 1 aromatic carbocycles. The molecule has 9 heteroatoms. The van der Waals surface area contributed by atoms with Crippen molar-refractivity contribution in [1.82, 2.24) is 15.2 Å². The molecule has 0 saturated carbocycles. The van der Waals surface area contributed by atoms with Crippen LogP contribution < -0.4 is 5.32 Å². The van der Waals surface area contributed by atoms with Crippen molar-refractivity contribution in [3.05, 3.63) is 58.9 Å². The second kappa shape index (κ2) is 8.60. The number of nitrogens with zero attached hydrogens (tertiary/aromatic N) is 2. The van der Waals surface area contributed by atoms with Gasteiger partial charge in [0.25, 0.3) is 5.91 Å². The number of amides is 2. The minimum absolute atomic E-state index is 0.236. The van der Waals surface area contributed by atoms with Gasteiger partial charge < -0.3 is 15.0 Å². The lowest BCUT2D eigenvalue weighted by Crippen LogP contribution is -2.37. The van der Waals surface area contributed by atoms with Crippen LogP contribution in [0.15, 0.2) is 41.6 Å². The smallest absolute Gasteiger partial charge is 0.410 e. The Morgan fingerprint density at radius 3 is 2.59 bits per heavy atom. The van der Waals surface area contributed by atoms with Crippen LogP contribution in [-0.2, 0) is 34.1 Å². The van der Waals surface area contributed by atoms with Crippen molar-refractivity contribution in [1.29, 1.82) is 0 Å². The monoisotopic (exact) mass is 417 g/mol. The average Bonchev–Trinajstić information content (AvgIpc) is 2.71. The van der Waals surface area contributed by atoms with Crippen LogP contribution in [0.3, 0.4) is 0 Å². The Kier molecular flexibility index (Phi) is 6.17. The first-order chi connectivity index (χ1) is 13.8. The molecule has 29 heavy (non-hydrogen) atoms. The van der Waals surface area contributed by atoms with E-state index in [-0.39, 0.29) is 23.4 Å². The lowest BCUT2D eigenvalue weighted by atomic mass is 9.97. The van der Waals surface area contributed by atoms with Gasteiger partial charge in [-0.2, -0.15) is 0 Å². The molecule has 0 bridgehead atoms. The van der Waals surface area contributed by atoms with Gasteiger partial charge in [-0.1, -0.05) is 12.1 Å². The summed E-state index contributed by atoms with van der Waals surface area (Å²) in [5.74, 6) is -0.258. The zero-order valence-corrected chi connectivity index (χ0v) is 17.2. The number of hydrogen-bond acceptors (Lipinski definition) is 6. The molecule has 2 amide bonds. The topological polar surface area (TPSA) is 106 Å². The summed E-state index contributed by atoms with van der Waals surface area (Å²) < 4.78 is 28.1.